The SMILES string of the molecule is OB(Oc1ccccc1)Oc1c(F)c(F)c(F)c(F)c1F. The van der Waals surface area contributed by atoms with Gasteiger partial charge in [-0.05, 0) is 12.1 Å². The van der Waals surface area contributed by atoms with Crippen molar-refractivity contribution in [2.24, 2.45) is 0 Å². The van der Waals surface area contributed by atoms with E-state index in [2.05, 4.69) is 4.65 Å². The Morgan fingerprint density at radius 3 is 1.71 bits per heavy atom. The standard InChI is InChI=1S/C12H6BF5O3/c14-7-8(15)10(17)12(11(18)9(7)16)21-13(19)20-6-4-2-1-3-5-6/h1-5,19H. The predicted molar refractivity (Wildman–Crippen MR) is 61.9 cm³/mol. The van der Waals surface area contributed by atoms with Gasteiger partial charge in [-0.25, -0.2) is 13.2 Å². The van der Waals surface area contributed by atoms with Crippen LogP contribution in [-0.2, 0) is 0 Å². The van der Waals surface area contributed by atoms with Gasteiger partial charge in [0.25, 0.3) is 0 Å². The summed E-state index contributed by atoms with van der Waals surface area (Å²) < 4.78 is 74.1. The first-order chi connectivity index (χ1) is 9.91. The summed E-state index contributed by atoms with van der Waals surface area (Å²) in [5, 5.41) is 9.34. The second-order valence-electron chi connectivity index (χ2n) is 3.75. The highest BCUT2D eigenvalue weighted by atomic mass is 19.2. The Morgan fingerprint density at radius 2 is 1.19 bits per heavy atom. The van der Waals surface area contributed by atoms with Gasteiger partial charge in [-0.3, -0.25) is 0 Å². The molecule has 0 bridgehead atoms. The molecule has 0 heterocycles. The van der Waals surface area contributed by atoms with E-state index < -0.39 is 42.2 Å². The summed E-state index contributed by atoms with van der Waals surface area (Å²) in [6.07, 6.45) is 0. The Hall–Kier alpha value is -2.29. The van der Waals surface area contributed by atoms with Crippen LogP contribution < -0.4 is 9.31 Å². The Balaban J connectivity index is 2.24. The number of halogens is 5. The minimum absolute atomic E-state index is 0.0638. The van der Waals surface area contributed by atoms with Gasteiger partial charge in [0.1, 0.15) is 5.75 Å². The lowest BCUT2D eigenvalue weighted by atomic mass is 10.2. The molecular weight excluding hydrogens is 298 g/mol. The van der Waals surface area contributed by atoms with Crippen molar-refractivity contribution in [3.63, 3.8) is 0 Å². The van der Waals surface area contributed by atoms with E-state index in [4.69, 9.17) is 4.65 Å². The fourth-order valence-electron chi connectivity index (χ4n) is 1.43. The molecule has 0 unspecified atom stereocenters. The average molecular weight is 304 g/mol. The van der Waals surface area contributed by atoms with Gasteiger partial charge < -0.3 is 14.3 Å². The Morgan fingerprint density at radius 1 is 0.714 bits per heavy atom. The molecule has 0 fully saturated rings. The largest absolute Gasteiger partial charge is 0.785 e. The number of hydrogen-bond donors (Lipinski definition) is 1. The monoisotopic (exact) mass is 304 g/mol. The molecular formula is C12H6BF5O3. The zero-order valence-corrected chi connectivity index (χ0v) is 10.1. The highest BCUT2D eigenvalue weighted by molar-refractivity contribution is 6.36. The molecule has 0 aliphatic carbocycles. The molecule has 2 aromatic rings. The summed E-state index contributed by atoms with van der Waals surface area (Å²) in [7, 11) is -2.26. The molecule has 0 amide bonds. The highest BCUT2D eigenvalue weighted by Gasteiger charge is 2.31. The van der Waals surface area contributed by atoms with Gasteiger partial charge in [-0.2, -0.15) is 8.78 Å². The fraction of sp³-hybridized carbons (Fsp3) is 0. The maximum Gasteiger partial charge on any atom is 0.785 e. The number of para-hydroxylation sites is 1. The Labute approximate surface area is 115 Å². The van der Waals surface area contributed by atoms with E-state index in [-0.39, 0.29) is 5.75 Å². The zero-order valence-electron chi connectivity index (χ0n) is 10.1. The quantitative estimate of drug-likeness (QED) is 0.408. The van der Waals surface area contributed by atoms with Crippen molar-refractivity contribution in [3.05, 3.63) is 59.4 Å². The van der Waals surface area contributed by atoms with Crippen LogP contribution in [0.25, 0.3) is 0 Å². The molecule has 9 heteroatoms. The molecule has 1 N–H and O–H groups in total. The first-order valence-corrected chi connectivity index (χ1v) is 5.49. The first kappa shape index (κ1) is 15.1. The maximum absolute atomic E-state index is 13.3. The van der Waals surface area contributed by atoms with Crippen molar-refractivity contribution in [3.8, 4) is 11.5 Å². The number of hydrogen-bond acceptors (Lipinski definition) is 3. The number of rotatable bonds is 4. The normalized spacial score (nSPS) is 10.4. The molecule has 21 heavy (non-hydrogen) atoms. The molecule has 0 saturated heterocycles. The van der Waals surface area contributed by atoms with Crippen molar-refractivity contribution in [1.29, 1.82) is 0 Å². The first-order valence-electron chi connectivity index (χ1n) is 5.49. The topological polar surface area (TPSA) is 38.7 Å². The van der Waals surface area contributed by atoms with Crippen LogP contribution in [0.4, 0.5) is 22.0 Å². The van der Waals surface area contributed by atoms with E-state index in [1.807, 2.05) is 0 Å². The van der Waals surface area contributed by atoms with Crippen molar-refractivity contribution in [2.45, 2.75) is 0 Å². The van der Waals surface area contributed by atoms with Crippen LogP contribution in [-0.4, -0.2) is 12.3 Å². The van der Waals surface area contributed by atoms with Crippen LogP contribution in [0, 0.1) is 29.1 Å². The van der Waals surface area contributed by atoms with Gasteiger partial charge in [0, 0.05) is 0 Å². The minimum atomic E-state index is -2.32. The van der Waals surface area contributed by atoms with Crippen LogP contribution in [0.2, 0.25) is 0 Å². The molecule has 110 valence electrons. The van der Waals surface area contributed by atoms with Crippen LogP contribution in [0.15, 0.2) is 30.3 Å². The minimum Gasteiger partial charge on any atom is -0.501 e. The van der Waals surface area contributed by atoms with Crippen LogP contribution >= 0.6 is 0 Å². The second-order valence-corrected chi connectivity index (χ2v) is 3.75. The molecule has 2 aromatic carbocycles. The molecule has 3 nitrogen and oxygen atoms in total. The van der Waals surface area contributed by atoms with Gasteiger partial charge in [0.2, 0.25) is 29.1 Å². The van der Waals surface area contributed by atoms with Crippen LogP contribution in [0.3, 0.4) is 0 Å². The van der Waals surface area contributed by atoms with E-state index in [9.17, 15) is 27.0 Å². The van der Waals surface area contributed by atoms with Crippen molar-refractivity contribution < 1.29 is 36.3 Å². The Kier molecular flexibility index (Phi) is 4.32. The van der Waals surface area contributed by atoms with Gasteiger partial charge in [0.15, 0.2) is 5.75 Å². The van der Waals surface area contributed by atoms with Crippen molar-refractivity contribution in [1.82, 2.24) is 0 Å². The molecule has 2 rings (SSSR count). The van der Waals surface area contributed by atoms with E-state index in [0.717, 1.165) is 0 Å². The summed E-state index contributed by atoms with van der Waals surface area (Å²) in [5.74, 6) is -12.7. The molecule has 0 spiro atoms. The summed E-state index contributed by atoms with van der Waals surface area (Å²) in [6, 6.07) is 7.45. The Bertz CT molecular complexity index is 624. The van der Waals surface area contributed by atoms with Crippen molar-refractivity contribution in [2.75, 3.05) is 0 Å². The van der Waals surface area contributed by atoms with E-state index in [1.54, 1.807) is 6.07 Å². The summed E-state index contributed by atoms with van der Waals surface area (Å²) in [5.41, 5.74) is 0. The lowest BCUT2D eigenvalue weighted by Crippen LogP contribution is -2.31. The number of benzene rings is 2. The van der Waals surface area contributed by atoms with Gasteiger partial charge in [0.05, 0.1) is 0 Å². The molecule has 0 aromatic heterocycles. The van der Waals surface area contributed by atoms with Gasteiger partial charge in [-0.15, -0.1) is 0 Å². The third-order valence-electron chi connectivity index (χ3n) is 2.37. The van der Waals surface area contributed by atoms with Gasteiger partial charge >= 0.3 is 7.32 Å². The highest BCUT2D eigenvalue weighted by Crippen LogP contribution is 2.29. The molecule has 0 saturated carbocycles. The second kappa shape index (κ2) is 6.00. The lowest BCUT2D eigenvalue weighted by Gasteiger charge is -2.13. The third kappa shape index (κ3) is 3.08. The van der Waals surface area contributed by atoms with Crippen LogP contribution in [0.1, 0.15) is 0 Å². The summed E-state index contributed by atoms with van der Waals surface area (Å²) in [6.45, 7) is 0. The zero-order chi connectivity index (χ0) is 15.6. The predicted octanol–water partition coefficient (Wildman–Crippen LogP) is 2.82. The average Bonchev–Trinajstić information content (AvgIpc) is 2.48. The molecule has 0 aliphatic rings. The van der Waals surface area contributed by atoms with Crippen molar-refractivity contribution >= 4 is 7.32 Å². The third-order valence-corrected chi connectivity index (χ3v) is 2.37. The molecule has 0 aliphatic heterocycles. The fourth-order valence-corrected chi connectivity index (χ4v) is 1.43. The van der Waals surface area contributed by atoms with E-state index >= 15 is 0 Å². The molecule has 0 atom stereocenters. The molecule has 0 radical (unpaired) electrons. The maximum atomic E-state index is 13.3. The van der Waals surface area contributed by atoms with E-state index in [1.165, 1.54) is 24.3 Å². The summed E-state index contributed by atoms with van der Waals surface area (Å²) >= 11 is 0. The summed E-state index contributed by atoms with van der Waals surface area (Å²) in [4.78, 5) is 0. The van der Waals surface area contributed by atoms with Gasteiger partial charge in [-0.1, -0.05) is 18.2 Å². The van der Waals surface area contributed by atoms with E-state index in [0.29, 0.717) is 0 Å². The lowest BCUT2D eigenvalue weighted by molar-refractivity contribution is 0.270. The smallest absolute Gasteiger partial charge is 0.501 e. The van der Waals surface area contributed by atoms with Crippen LogP contribution in [0.5, 0.6) is 11.5 Å².